The Morgan fingerprint density at radius 3 is 2.00 bits per heavy atom. The van der Waals surface area contributed by atoms with Crippen molar-refractivity contribution in [2.24, 2.45) is 0 Å². The highest BCUT2D eigenvalue weighted by molar-refractivity contribution is 5.68. The van der Waals surface area contributed by atoms with Crippen molar-refractivity contribution >= 4 is 6.09 Å². The van der Waals surface area contributed by atoms with Crippen LogP contribution in [0.1, 0.15) is 40.2 Å². The van der Waals surface area contributed by atoms with Crippen molar-refractivity contribution in [1.29, 1.82) is 0 Å². The molecule has 0 unspecified atom stereocenters. The minimum atomic E-state index is -0.479. The van der Waals surface area contributed by atoms with Crippen molar-refractivity contribution in [3.05, 3.63) is 23.8 Å². The van der Waals surface area contributed by atoms with Crippen LogP contribution in [0.2, 0.25) is 0 Å². The fraction of sp³-hybridized carbons (Fsp3) is 0.611. The van der Waals surface area contributed by atoms with E-state index in [0.717, 1.165) is 18.7 Å². The Morgan fingerprint density at radius 1 is 1.04 bits per heavy atom. The van der Waals surface area contributed by atoms with Gasteiger partial charge in [-0.2, -0.15) is 0 Å². The van der Waals surface area contributed by atoms with Gasteiger partial charge >= 0.3 is 6.09 Å². The van der Waals surface area contributed by atoms with Crippen LogP contribution in [0.5, 0.6) is 11.5 Å². The Hall–Kier alpha value is -1.95. The Balaban J connectivity index is 0.00000139. The summed E-state index contributed by atoms with van der Waals surface area (Å²) in [5, 5.41) is 19.0. The smallest absolute Gasteiger partial charge is 0.410 e. The van der Waals surface area contributed by atoms with E-state index < -0.39 is 5.60 Å². The summed E-state index contributed by atoms with van der Waals surface area (Å²) in [6, 6.07) is 4.59. The van der Waals surface area contributed by atoms with Gasteiger partial charge in [-0.1, -0.05) is 13.8 Å². The number of carbonyl (C=O) groups excluding carboxylic acids is 1. The molecule has 0 saturated carbocycles. The van der Waals surface area contributed by atoms with E-state index in [1.54, 1.807) is 17.0 Å². The number of benzene rings is 1. The second kappa shape index (κ2) is 8.78. The van der Waals surface area contributed by atoms with Gasteiger partial charge in [0.25, 0.3) is 0 Å². The van der Waals surface area contributed by atoms with Crippen molar-refractivity contribution in [1.82, 2.24) is 9.80 Å². The summed E-state index contributed by atoms with van der Waals surface area (Å²) in [6.45, 7) is 12.9. The van der Waals surface area contributed by atoms with Crippen molar-refractivity contribution in [3.8, 4) is 11.5 Å². The monoisotopic (exact) mass is 338 g/mol. The predicted octanol–water partition coefficient (Wildman–Crippen LogP) is 3.18. The molecule has 136 valence electrons. The molecule has 1 aromatic carbocycles. The number of aromatic hydroxyl groups is 2. The van der Waals surface area contributed by atoms with Crippen LogP contribution in [0.25, 0.3) is 0 Å². The number of amides is 1. The normalized spacial score (nSPS) is 15.5. The highest BCUT2D eigenvalue weighted by atomic mass is 16.6. The number of ether oxygens (including phenoxy) is 1. The number of hydrogen-bond acceptors (Lipinski definition) is 5. The van der Waals surface area contributed by atoms with Gasteiger partial charge < -0.3 is 19.8 Å². The molecule has 0 aromatic heterocycles. The van der Waals surface area contributed by atoms with Gasteiger partial charge in [-0.25, -0.2) is 4.79 Å². The lowest BCUT2D eigenvalue weighted by Gasteiger charge is -2.35. The van der Waals surface area contributed by atoms with Crippen LogP contribution >= 0.6 is 0 Å². The number of phenolic OH excluding ortho intramolecular Hbond substituents is 2. The number of carbonyl (C=O) groups is 1. The van der Waals surface area contributed by atoms with Crippen molar-refractivity contribution in [3.63, 3.8) is 0 Å². The van der Waals surface area contributed by atoms with Gasteiger partial charge in [-0.3, -0.25) is 4.90 Å². The molecule has 2 N–H and O–H groups in total. The molecule has 1 aliphatic rings. The number of phenols is 2. The maximum Gasteiger partial charge on any atom is 0.410 e. The molecule has 1 fully saturated rings. The molecule has 1 amide bonds. The van der Waals surface area contributed by atoms with Crippen LogP contribution in [-0.4, -0.2) is 57.9 Å². The molecule has 0 radical (unpaired) electrons. The lowest BCUT2D eigenvalue weighted by atomic mass is 10.1. The molecular formula is C18H30N2O4. The first kappa shape index (κ1) is 20.1. The molecule has 0 bridgehead atoms. The van der Waals surface area contributed by atoms with E-state index in [2.05, 4.69) is 4.90 Å². The quantitative estimate of drug-likeness (QED) is 0.866. The molecule has 0 spiro atoms. The second-order valence-electron chi connectivity index (χ2n) is 6.60. The number of nitrogens with zero attached hydrogens (tertiary/aromatic N) is 2. The topological polar surface area (TPSA) is 73.2 Å². The average molecular weight is 338 g/mol. The lowest BCUT2D eigenvalue weighted by Crippen LogP contribution is -2.49. The van der Waals surface area contributed by atoms with Crippen molar-refractivity contribution in [2.45, 2.75) is 46.8 Å². The Bertz CT molecular complexity index is 512. The Labute approximate surface area is 144 Å². The van der Waals surface area contributed by atoms with Gasteiger partial charge in [0.1, 0.15) is 17.1 Å². The van der Waals surface area contributed by atoms with E-state index in [0.29, 0.717) is 19.6 Å². The summed E-state index contributed by atoms with van der Waals surface area (Å²) in [6.07, 6.45) is -0.276. The molecule has 1 aliphatic heterocycles. The summed E-state index contributed by atoms with van der Waals surface area (Å²) in [4.78, 5) is 15.9. The van der Waals surface area contributed by atoms with Gasteiger partial charge in [0, 0.05) is 38.8 Å². The van der Waals surface area contributed by atoms with E-state index in [1.807, 2.05) is 34.6 Å². The highest BCUT2D eigenvalue weighted by Gasteiger charge is 2.25. The van der Waals surface area contributed by atoms with Crippen molar-refractivity contribution < 1.29 is 19.7 Å². The standard InChI is InChI=1S/C16H24N2O4.C2H6/c1-16(2,3)22-15(21)18-6-4-17(5-7-18)11-12-8-13(19)10-14(20)9-12;1-2/h8-10,19-20H,4-7,11H2,1-3H3;1-2H3. The molecule has 6 heteroatoms. The fourth-order valence-electron chi connectivity index (χ4n) is 2.42. The minimum absolute atomic E-state index is 0.0578. The van der Waals surface area contributed by atoms with Gasteiger partial charge in [0.2, 0.25) is 0 Å². The van der Waals surface area contributed by atoms with Crippen LogP contribution in [0, 0.1) is 0 Å². The molecule has 1 heterocycles. The SMILES string of the molecule is CC.CC(C)(C)OC(=O)N1CCN(Cc2cc(O)cc(O)c2)CC1. The van der Waals surface area contributed by atoms with Gasteiger partial charge in [0.15, 0.2) is 0 Å². The summed E-state index contributed by atoms with van der Waals surface area (Å²) in [5.74, 6) is 0.116. The van der Waals surface area contributed by atoms with Crippen LogP contribution in [0.15, 0.2) is 18.2 Å². The molecule has 2 rings (SSSR count). The summed E-state index contributed by atoms with van der Waals surface area (Å²) >= 11 is 0. The molecule has 24 heavy (non-hydrogen) atoms. The highest BCUT2D eigenvalue weighted by Crippen LogP contribution is 2.22. The lowest BCUT2D eigenvalue weighted by molar-refractivity contribution is 0.0139. The first-order chi connectivity index (χ1) is 11.2. The minimum Gasteiger partial charge on any atom is -0.508 e. The van der Waals surface area contributed by atoms with E-state index >= 15 is 0 Å². The fourth-order valence-corrected chi connectivity index (χ4v) is 2.42. The van der Waals surface area contributed by atoms with Crippen LogP contribution in [0.4, 0.5) is 4.79 Å². The van der Waals surface area contributed by atoms with Crippen LogP contribution in [-0.2, 0) is 11.3 Å². The number of hydrogen-bond donors (Lipinski definition) is 2. The summed E-state index contributed by atoms with van der Waals surface area (Å²) in [5.41, 5.74) is 0.371. The van der Waals surface area contributed by atoms with E-state index in [9.17, 15) is 15.0 Å². The van der Waals surface area contributed by atoms with Crippen LogP contribution in [0.3, 0.4) is 0 Å². The zero-order chi connectivity index (χ0) is 18.3. The first-order valence-electron chi connectivity index (χ1n) is 8.45. The molecular weight excluding hydrogens is 308 g/mol. The zero-order valence-corrected chi connectivity index (χ0v) is 15.4. The third kappa shape index (κ3) is 6.66. The average Bonchev–Trinajstić information content (AvgIpc) is 2.47. The van der Waals surface area contributed by atoms with E-state index in [-0.39, 0.29) is 17.6 Å². The van der Waals surface area contributed by atoms with E-state index in [4.69, 9.17) is 4.74 Å². The molecule has 0 atom stereocenters. The molecule has 1 saturated heterocycles. The first-order valence-corrected chi connectivity index (χ1v) is 8.45. The van der Waals surface area contributed by atoms with Gasteiger partial charge in [0.05, 0.1) is 0 Å². The number of rotatable bonds is 2. The molecule has 0 aliphatic carbocycles. The summed E-state index contributed by atoms with van der Waals surface area (Å²) < 4.78 is 5.36. The van der Waals surface area contributed by atoms with Crippen LogP contribution < -0.4 is 0 Å². The van der Waals surface area contributed by atoms with Gasteiger partial charge in [-0.15, -0.1) is 0 Å². The maximum atomic E-state index is 12.0. The maximum absolute atomic E-state index is 12.0. The van der Waals surface area contributed by atoms with E-state index in [1.165, 1.54) is 6.07 Å². The Kier molecular flexibility index (Phi) is 7.35. The molecule has 1 aromatic rings. The Morgan fingerprint density at radius 2 is 1.54 bits per heavy atom. The predicted molar refractivity (Wildman–Crippen MR) is 94.2 cm³/mol. The largest absolute Gasteiger partial charge is 0.508 e. The number of piperazine rings is 1. The van der Waals surface area contributed by atoms with Gasteiger partial charge in [-0.05, 0) is 38.5 Å². The molecule has 6 nitrogen and oxygen atoms in total. The second-order valence-corrected chi connectivity index (χ2v) is 6.60. The third-order valence-corrected chi connectivity index (χ3v) is 3.39. The zero-order valence-electron chi connectivity index (χ0n) is 15.4. The summed E-state index contributed by atoms with van der Waals surface area (Å²) in [7, 11) is 0. The van der Waals surface area contributed by atoms with Crippen molar-refractivity contribution in [2.75, 3.05) is 26.2 Å². The third-order valence-electron chi connectivity index (χ3n) is 3.39.